The molecule has 0 aliphatic rings. The van der Waals surface area contributed by atoms with Crippen molar-refractivity contribution in [2.75, 3.05) is 5.73 Å². The number of thiophene rings is 1. The van der Waals surface area contributed by atoms with Crippen LogP contribution in [-0.4, -0.2) is 5.11 Å². The van der Waals surface area contributed by atoms with E-state index in [2.05, 4.69) is 0 Å². The fraction of sp³-hybridized carbons (Fsp3) is 0.200. The van der Waals surface area contributed by atoms with Gasteiger partial charge in [-0.2, -0.15) is 0 Å². The smallest absolute Gasteiger partial charge is 0.0700 e. The average Bonchev–Trinajstić information content (AvgIpc) is 2.56. The Hall–Kier alpha value is -0.770. The van der Waals surface area contributed by atoms with E-state index >= 15 is 0 Å². The van der Waals surface area contributed by atoms with Crippen LogP contribution in [0.5, 0.6) is 0 Å². The maximum absolute atomic E-state index is 9.25. The van der Waals surface area contributed by atoms with Crippen LogP contribution in [0, 0.1) is 0 Å². The third-order valence-corrected chi connectivity index (χ3v) is 3.83. The molecule has 0 saturated heterocycles. The summed E-state index contributed by atoms with van der Waals surface area (Å²) in [6.45, 7) is -0.00370. The Bertz CT molecular complexity index is 466. The van der Waals surface area contributed by atoms with Gasteiger partial charge in [-0.1, -0.05) is 6.07 Å². The van der Waals surface area contributed by atoms with Gasteiger partial charge in [0.25, 0.3) is 0 Å². The highest BCUT2D eigenvalue weighted by Crippen LogP contribution is 2.35. The van der Waals surface area contributed by atoms with Gasteiger partial charge in [-0.15, -0.1) is 22.9 Å². The third kappa shape index (κ3) is 1.38. The number of benzene rings is 1. The molecule has 2 nitrogen and oxygen atoms in total. The van der Waals surface area contributed by atoms with Crippen molar-refractivity contribution >= 4 is 38.7 Å². The lowest BCUT2D eigenvalue weighted by Crippen LogP contribution is -1.90. The Morgan fingerprint density at radius 1 is 1.43 bits per heavy atom. The average molecular weight is 228 g/mol. The number of hydrogen-bond acceptors (Lipinski definition) is 3. The zero-order valence-corrected chi connectivity index (χ0v) is 9.03. The summed E-state index contributed by atoms with van der Waals surface area (Å²) >= 11 is 7.38. The highest BCUT2D eigenvalue weighted by Gasteiger charge is 2.12. The lowest BCUT2D eigenvalue weighted by atomic mass is 10.1. The summed E-state index contributed by atoms with van der Waals surface area (Å²) in [7, 11) is 0. The monoisotopic (exact) mass is 227 g/mol. The molecule has 74 valence electrons. The number of fused-ring (bicyclic) bond motifs is 1. The number of nitrogen functional groups attached to an aromatic ring is 1. The second-order valence-electron chi connectivity index (χ2n) is 3.02. The van der Waals surface area contributed by atoms with Gasteiger partial charge in [-0.05, 0) is 12.1 Å². The molecule has 0 aliphatic carbocycles. The van der Waals surface area contributed by atoms with Gasteiger partial charge >= 0.3 is 0 Å². The zero-order chi connectivity index (χ0) is 10.1. The fourth-order valence-electron chi connectivity index (χ4n) is 1.57. The predicted octanol–water partition coefficient (Wildman–Crippen LogP) is 2.71. The molecule has 0 saturated carbocycles. The second-order valence-corrected chi connectivity index (χ2v) is 4.42. The van der Waals surface area contributed by atoms with Gasteiger partial charge < -0.3 is 10.8 Å². The molecule has 0 aliphatic heterocycles. The Morgan fingerprint density at radius 2 is 2.21 bits per heavy atom. The van der Waals surface area contributed by atoms with E-state index in [9.17, 15) is 5.11 Å². The molecule has 0 unspecified atom stereocenters. The zero-order valence-electron chi connectivity index (χ0n) is 7.46. The molecule has 0 fully saturated rings. The van der Waals surface area contributed by atoms with Crippen LogP contribution in [-0.2, 0) is 12.5 Å². The van der Waals surface area contributed by atoms with E-state index in [1.807, 2.05) is 18.2 Å². The van der Waals surface area contributed by atoms with Crippen molar-refractivity contribution < 1.29 is 5.11 Å². The van der Waals surface area contributed by atoms with Crippen molar-refractivity contribution in [1.29, 1.82) is 0 Å². The van der Waals surface area contributed by atoms with Crippen LogP contribution in [0.3, 0.4) is 0 Å². The van der Waals surface area contributed by atoms with Crippen LogP contribution < -0.4 is 5.73 Å². The lowest BCUT2D eigenvalue weighted by Gasteiger charge is -1.99. The van der Waals surface area contributed by atoms with E-state index in [-0.39, 0.29) is 6.61 Å². The molecule has 0 atom stereocenters. The highest BCUT2D eigenvalue weighted by atomic mass is 35.5. The summed E-state index contributed by atoms with van der Waals surface area (Å²) in [6.07, 6.45) is 0. The van der Waals surface area contributed by atoms with Crippen molar-refractivity contribution in [1.82, 2.24) is 0 Å². The summed E-state index contributed by atoms with van der Waals surface area (Å²) in [5, 5.41) is 10.2. The number of anilines is 1. The van der Waals surface area contributed by atoms with Gasteiger partial charge in [0.1, 0.15) is 0 Å². The number of hydrogen-bond donors (Lipinski definition) is 2. The summed E-state index contributed by atoms with van der Waals surface area (Å²) in [5.74, 6) is 0.425. The molecule has 1 aromatic carbocycles. The van der Waals surface area contributed by atoms with Crippen molar-refractivity contribution in [3.8, 4) is 0 Å². The second kappa shape index (κ2) is 3.77. The lowest BCUT2D eigenvalue weighted by molar-refractivity contribution is 0.283. The first-order chi connectivity index (χ1) is 6.77. The first-order valence-corrected chi connectivity index (χ1v) is 5.58. The SMILES string of the molecule is Nc1cccc2sc(CCl)c(CO)c12. The van der Waals surface area contributed by atoms with Gasteiger partial charge in [0.2, 0.25) is 0 Å². The molecule has 1 heterocycles. The van der Waals surface area contributed by atoms with Gasteiger partial charge in [-0.3, -0.25) is 0 Å². The molecule has 3 N–H and O–H groups in total. The first kappa shape index (κ1) is 9.77. The minimum atomic E-state index is -0.00370. The standard InChI is InChI=1S/C10H10ClNOS/c11-4-9-6(5-13)10-7(12)2-1-3-8(10)14-9/h1-3,13H,4-5,12H2. The van der Waals surface area contributed by atoms with Crippen LogP contribution in [0.1, 0.15) is 10.4 Å². The topological polar surface area (TPSA) is 46.2 Å². The summed E-state index contributed by atoms with van der Waals surface area (Å²) in [4.78, 5) is 1.00. The van der Waals surface area contributed by atoms with Crippen LogP contribution in [0.25, 0.3) is 10.1 Å². The van der Waals surface area contributed by atoms with Crippen LogP contribution in [0.2, 0.25) is 0 Å². The van der Waals surface area contributed by atoms with Crippen molar-refractivity contribution in [3.63, 3.8) is 0 Å². The first-order valence-electron chi connectivity index (χ1n) is 4.23. The molecule has 0 radical (unpaired) electrons. The molecule has 2 aromatic rings. The maximum Gasteiger partial charge on any atom is 0.0700 e. The maximum atomic E-state index is 9.25. The normalized spacial score (nSPS) is 11.0. The van der Waals surface area contributed by atoms with E-state index in [0.29, 0.717) is 11.6 Å². The summed E-state index contributed by atoms with van der Waals surface area (Å²) in [6, 6.07) is 5.74. The molecule has 1 aromatic heterocycles. The van der Waals surface area contributed by atoms with Crippen LogP contribution in [0.15, 0.2) is 18.2 Å². The highest BCUT2D eigenvalue weighted by molar-refractivity contribution is 7.19. The number of aliphatic hydroxyl groups excluding tert-OH is 1. The van der Waals surface area contributed by atoms with Gasteiger partial charge in [0.15, 0.2) is 0 Å². The fourth-order valence-corrected chi connectivity index (χ4v) is 2.99. The van der Waals surface area contributed by atoms with Gasteiger partial charge in [-0.25, -0.2) is 0 Å². The molecule has 4 heteroatoms. The Balaban J connectivity index is 2.81. The Kier molecular flexibility index (Phi) is 2.63. The minimum absolute atomic E-state index is 0.00370. The van der Waals surface area contributed by atoms with E-state index in [0.717, 1.165) is 20.5 Å². The molecule has 0 spiro atoms. The van der Waals surface area contributed by atoms with E-state index in [1.54, 1.807) is 11.3 Å². The van der Waals surface area contributed by atoms with E-state index < -0.39 is 0 Å². The molecular formula is C10H10ClNOS. The largest absolute Gasteiger partial charge is 0.398 e. The van der Waals surface area contributed by atoms with Crippen LogP contribution >= 0.6 is 22.9 Å². The molecule has 14 heavy (non-hydrogen) atoms. The number of rotatable bonds is 2. The minimum Gasteiger partial charge on any atom is -0.398 e. The Labute approximate surface area is 90.9 Å². The third-order valence-electron chi connectivity index (χ3n) is 2.21. The molecule has 0 bridgehead atoms. The quantitative estimate of drug-likeness (QED) is 0.612. The molecule has 2 rings (SSSR count). The number of aliphatic hydroxyl groups is 1. The van der Waals surface area contributed by atoms with E-state index in [1.165, 1.54) is 0 Å². The van der Waals surface area contributed by atoms with Crippen molar-refractivity contribution in [2.24, 2.45) is 0 Å². The van der Waals surface area contributed by atoms with Gasteiger partial charge in [0, 0.05) is 26.2 Å². The Morgan fingerprint density at radius 3 is 2.86 bits per heavy atom. The molecular weight excluding hydrogens is 218 g/mol. The summed E-state index contributed by atoms with van der Waals surface area (Å²) in [5.41, 5.74) is 7.43. The number of alkyl halides is 1. The van der Waals surface area contributed by atoms with Crippen LogP contribution in [0.4, 0.5) is 5.69 Å². The van der Waals surface area contributed by atoms with Crippen molar-refractivity contribution in [2.45, 2.75) is 12.5 Å². The summed E-state index contributed by atoms with van der Waals surface area (Å²) < 4.78 is 1.09. The number of nitrogens with two attached hydrogens (primary N) is 1. The van der Waals surface area contributed by atoms with Gasteiger partial charge in [0.05, 0.1) is 12.5 Å². The molecule has 0 amide bonds. The number of halogens is 1. The van der Waals surface area contributed by atoms with Crippen molar-refractivity contribution in [3.05, 3.63) is 28.6 Å². The van der Waals surface area contributed by atoms with E-state index in [4.69, 9.17) is 17.3 Å². The predicted molar refractivity (Wildman–Crippen MR) is 61.7 cm³/mol.